The van der Waals surface area contributed by atoms with Gasteiger partial charge in [0.05, 0.1) is 4.90 Å². The number of aliphatic carboxylic acids is 1. The summed E-state index contributed by atoms with van der Waals surface area (Å²) in [4.78, 5) is 24.6. The minimum Gasteiger partial charge on any atom is -0.484 e. The number of hydrogen-bond acceptors (Lipinski definition) is 6. The Balaban J connectivity index is 1.50. The number of hydrogen-bond donors (Lipinski definition) is 2. The number of piperazine rings is 1. The molecule has 3 rings (SSSR count). The van der Waals surface area contributed by atoms with Crippen LogP contribution in [0.3, 0.4) is 0 Å². The zero-order chi connectivity index (χ0) is 23.8. The van der Waals surface area contributed by atoms with E-state index in [9.17, 15) is 18.0 Å². The highest BCUT2D eigenvalue weighted by Gasteiger charge is 2.28. The van der Waals surface area contributed by atoms with Crippen LogP contribution in [0.5, 0.6) is 5.75 Å². The third-order valence-electron chi connectivity index (χ3n) is 5.13. The average molecular weight is 496 g/mol. The van der Waals surface area contributed by atoms with E-state index in [2.05, 4.69) is 10.2 Å². The van der Waals surface area contributed by atoms with Crippen molar-refractivity contribution in [3.63, 3.8) is 0 Å². The zero-order valence-corrected chi connectivity index (χ0v) is 19.5. The summed E-state index contributed by atoms with van der Waals surface area (Å²) in [6, 6.07) is 13.4. The molecule has 1 aliphatic heterocycles. The number of sulfonamides is 1. The molecule has 178 valence electrons. The summed E-state index contributed by atoms with van der Waals surface area (Å²) in [5, 5.41) is 11.7. The van der Waals surface area contributed by atoms with Crippen LogP contribution in [0.25, 0.3) is 0 Å². The molecule has 1 aliphatic rings. The fraction of sp³-hybridized carbons (Fsp3) is 0.364. The monoisotopic (exact) mass is 495 g/mol. The molecule has 0 aromatic heterocycles. The molecule has 2 N–H and O–H groups in total. The molecule has 2 aromatic rings. The SMILES string of the molecule is O=C(O)CCCNC(=O)COc1cccc(N2CCN(S(=O)(=O)c3ccc(Cl)cc3)CC2)c1. The number of nitrogens with one attached hydrogen (secondary N) is 1. The third kappa shape index (κ3) is 7.08. The summed E-state index contributed by atoms with van der Waals surface area (Å²) in [6.07, 6.45) is 0.355. The van der Waals surface area contributed by atoms with Crippen LogP contribution < -0.4 is 15.0 Å². The third-order valence-corrected chi connectivity index (χ3v) is 7.30. The Morgan fingerprint density at radius 1 is 1.06 bits per heavy atom. The van der Waals surface area contributed by atoms with Gasteiger partial charge in [-0.15, -0.1) is 0 Å². The van der Waals surface area contributed by atoms with Crippen LogP contribution in [0.2, 0.25) is 5.02 Å². The van der Waals surface area contributed by atoms with E-state index in [-0.39, 0.29) is 30.4 Å². The number of anilines is 1. The van der Waals surface area contributed by atoms with Crippen LogP contribution in [0, 0.1) is 0 Å². The van der Waals surface area contributed by atoms with Crippen molar-refractivity contribution in [2.24, 2.45) is 0 Å². The van der Waals surface area contributed by atoms with E-state index in [4.69, 9.17) is 21.4 Å². The van der Waals surface area contributed by atoms with Gasteiger partial charge < -0.3 is 20.1 Å². The summed E-state index contributed by atoms with van der Waals surface area (Å²) in [7, 11) is -3.58. The van der Waals surface area contributed by atoms with Crippen LogP contribution in [0.4, 0.5) is 5.69 Å². The van der Waals surface area contributed by atoms with Gasteiger partial charge in [0.1, 0.15) is 5.75 Å². The molecule has 0 aliphatic carbocycles. The van der Waals surface area contributed by atoms with Crippen molar-refractivity contribution < 1.29 is 27.9 Å². The van der Waals surface area contributed by atoms with Crippen molar-refractivity contribution in [1.29, 1.82) is 0 Å². The molecule has 0 atom stereocenters. The molecule has 0 unspecified atom stereocenters. The molecule has 11 heteroatoms. The maximum absolute atomic E-state index is 12.8. The highest BCUT2D eigenvalue weighted by molar-refractivity contribution is 7.89. The predicted octanol–water partition coefficient (Wildman–Crippen LogP) is 2.21. The van der Waals surface area contributed by atoms with Gasteiger partial charge >= 0.3 is 5.97 Å². The number of nitrogens with zero attached hydrogens (tertiary/aromatic N) is 2. The Hall–Kier alpha value is -2.82. The second-order valence-corrected chi connectivity index (χ2v) is 9.85. The molecule has 2 aromatic carbocycles. The predicted molar refractivity (Wildman–Crippen MR) is 124 cm³/mol. The Kier molecular flexibility index (Phi) is 8.54. The normalized spacial score (nSPS) is 14.6. The molecular formula is C22H26ClN3O6S. The maximum atomic E-state index is 12.8. The Morgan fingerprint density at radius 3 is 2.42 bits per heavy atom. The Morgan fingerprint density at radius 2 is 1.76 bits per heavy atom. The molecule has 0 bridgehead atoms. The highest BCUT2D eigenvalue weighted by atomic mass is 35.5. The van der Waals surface area contributed by atoms with E-state index in [0.717, 1.165) is 5.69 Å². The van der Waals surface area contributed by atoms with Gasteiger partial charge in [-0.3, -0.25) is 9.59 Å². The minimum atomic E-state index is -3.58. The summed E-state index contributed by atoms with van der Waals surface area (Å²) >= 11 is 5.86. The van der Waals surface area contributed by atoms with Gasteiger partial charge in [-0.2, -0.15) is 4.31 Å². The second-order valence-electron chi connectivity index (χ2n) is 7.48. The van der Waals surface area contributed by atoms with E-state index >= 15 is 0 Å². The standard InChI is InChI=1S/C22H26ClN3O6S/c23-17-6-8-20(9-7-17)33(30,31)26-13-11-25(12-14-26)18-3-1-4-19(15-18)32-16-21(27)24-10-2-5-22(28)29/h1,3-4,6-9,15H,2,5,10-14,16H2,(H,24,27)(H,28,29). The van der Waals surface area contributed by atoms with Crippen molar-refractivity contribution >= 4 is 39.2 Å². The largest absolute Gasteiger partial charge is 0.484 e. The number of rotatable bonds is 10. The van der Waals surface area contributed by atoms with E-state index in [1.807, 2.05) is 12.1 Å². The lowest BCUT2D eigenvalue weighted by atomic mass is 10.2. The lowest BCUT2D eigenvalue weighted by Gasteiger charge is -2.35. The van der Waals surface area contributed by atoms with Gasteiger partial charge in [0, 0.05) is 55.9 Å². The first-order chi connectivity index (χ1) is 15.8. The summed E-state index contributed by atoms with van der Waals surface area (Å²) < 4.78 is 32.7. The number of carbonyl (C=O) groups excluding carboxylic acids is 1. The van der Waals surface area contributed by atoms with Gasteiger partial charge in [0.15, 0.2) is 6.61 Å². The lowest BCUT2D eigenvalue weighted by Crippen LogP contribution is -2.48. The van der Waals surface area contributed by atoms with Gasteiger partial charge in [-0.25, -0.2) is 8.42 Å². The summed E-state index contributed by atoms with van der Waals surface area (Å²) in [6.45, 7) is 1.81. The Bertz CT molecular complexity index is 1070. The van der Waals surface area contributed by atoms with Crippen molar-refractivity contribution in [1.82, 2.24) is 9.62 Å². The summed E-state index contributed by atoms with van der Waals surface area (Å²) in [5.41, 5.74) is 0.873. The van der Waals surface area contributed by atoms with E-state index < -0.39 is 16.0 Å². The first-order valence-corrected chi connectivity index (χ1v) is 12.3. The molecule has 1 amide bonds. The second kappa shape index (κ2) is 11.4. The first kappa shape index (κ1) is 24.8. The fourth-order valence-corrected chi connectivity index (χ4v) is 4.93. The molecule has 0 spiro atoms. The lowest BCUT2D eigenvalue weighted by molar-refractivity contribution is -0.137. The molecule has 9 nitrogen and oxygen atoms in total. The van der Waals surface area contributed by atoms with Crippen molar-refractivity contribution in [2.75, 3.05) is 44.2 Å². The average Bonchev–Trinajstić information content (AvgIpc) is 2.81. The van der Waals surface area contributed by atoms with Crippen molar-refractivity contribution in [3.8, 4) is 5.75 Å². The van der Waals surface area contributed by atoms with Crippen molar-refractivity contribution in [2.45, 2.75) is 17.7 Å². The molecule has 1 fully saturated rings. The molecule has 0 radical (unpaired) electrons. The quantitative estimate of drug-likeness (QED) is 0.485. The molecule has 1 heterocycles. The molecular weight excluding hydrogens is 470 g/mol. The van der Waals surface area contributed by atoms with Crippen molar-refractivity contribution in [3.05, 3.63) is 53.6 Å². The van der Waals surface area contributed by atoms with E-state index in [1.54, 1.807) is 24.3 Å². The Labute approximate surface area is 197 Å². The number of carbonyl (C=O) groups is 2. The fourth-order valence-electron chi connectivity index (χ4n) is 3.38. The van der Waals surface area contributed by atoms with Crippen LogP contribution in [-0.4, -0.2) is 69.0 Å². The van der Waals surface area contributed by atoms with E-state index in [0.29, 0.717) is 43.4 Å². The van der Waals surface area contributed by atoms with Crippen LogP contribution in [-0.2, 0) is 19.6 Å². The number of halogens is 1. The number of amides is 1. The molecule has 33 heavy (non-hydrogen) atoms. The number of ether oxygens (including phenoxy) is 1. The van der Waals surface area contributed by atoms with Gasteiger partial charge in [-0.05, 0) is 42.8 Å². The van der Waals surface area contributed by atoms with Gasteiger partial charge in [-0.1, -0.05) is 17.7 Å². The van der Waals surface area contributed by atoms with Crippen LogP contribution >= 0.6 is 11.6 Å². The van der Waals surface area contributed by atoms with E-state index in [1.165, 1.54) is 16.4 Å². The topological polar surface area (TPSA) is 116 Å². The first-order valence-electron chi connectivity index (χ1n) is 10.5. The van der Waals surface area contributed by atoms with Crippen LogP contribution in [0.1, 0.15) is 12.8 Å². The molecule has 1 saturated heterocycles. The zero-order valence-electron chi connectivity index (χ0n) is 17.9. The highest BCUT2D eigenvalue weighted by Crippen LogP contribution is 2.25. The number of carboxylic acids is 1. The summed E-state index contributed by atoms with van der Waals surface area (Å²) in [5.74, 6) is -0.711. The number of benzene rings is 2. The van der Waals surface area contributed by atoms with Crippen LogP contribution in [0.15, 0.2) is 53.4 Å². The van der Waals surface area contributed by atoms with Gasteiger partial charge in [0.2, 0.25) is 10.0 Å². The minimum absolute atomic E-state index is 0.00253. The number of carboxylic acid groups (broad SMARTS) is 1. The molecule has 0 saturated carbocycles. The smallest absolute Gasteiger partial charge is 0.303 e. The van der Waals surface area contributed by atoms with Gasteiger partial charge in [0.25, 0.3) is 5.91 Å². The maximum Gasteiger partial charge on any atom is 0.303 e.